The summed E-state index contributed by atoms with van der Waals surface area (Å²) in [4.78, 5) is 69.8. The summed E-state index contributed by atoms with van der Waals surface area (Å²) < 4.78 is 363. The number of halogens is 21. The number of hydrogen-bond donors (Lipinski definition) is 0. The fourth-order valence-electron chi connectivity index (χ4n) is 14.0. The first-order chi connectivity index (χ1) is 56.8. The first-order valence-corrected chi connectivity index (χ1v) is 40.9. The third kappa shape index (κ3) is 20.9. The molecule has 122 heavy (non-hydrogen) atoms. The minimum absolute atomic E-state index is 0.0667. The third-order valence-corrected chi connectivity index (χ3v) is 26.4. The van der Waals surface area contributed by atoms with Gasteiger partial charge in [0, 0.05) is 116 Å². The summed E-state index contributed by atoms with van der Waals surface area (Å²) in [6, 6.07) is 7.31. The van der Waals surface area contributed by atoms with Crippen LogP contribution in [0.1, 0.15) is 129 Å². The van der Waals surface area contributed by atoms with Crippen LogP contribution in [-0.2, 0) is 94.6 Å². The standard InChI is InChI=1S/C27H25F5N4O3S.2C25H20F8N4O3S/c1-15-22(29)11-23(36(15)40(38,39)21-7-5-20(28)6-8-21)24(37)9-4-17-10-18(12-33-25(17)16-2-3-16)19-13-34-26(35-14-19)27(30,31)32;1-13-18(27)9-21(37(13)41(39,40)16-5-3-15(26)4-6-16)22(38)7-2-14-8-19(34-10-17(14)24(28,29)30)20-11-36-23(12-35-20)25(31,32)33;1-13-19(27)9-20(37(13)41(39,40)17-5-3-16(26)4-6-17)21(38)7-2-14-8-18(22(34-10-14)24(28,29)30)15-11-35-23(36-12-15)25(31,32)33/h5-8,10,12-16,22-23H,2-4,9,11H2,1H3;3-6,8,10-13,18,21H,2,7,9H2,1H3;3-6,8,10-13,19-20H,2,7,9H2,1H3/t15-,22+,23-;13-,18+,21-;13-,19+,20-/m000/s1. The van der Waals surface area contributed by atoms with Gasteiger partial charge in [-0.3, -0.25) is 34.3 Å². The number of rotatable bonds is 22. The quantitative estimate of drug-likeness (QED) is 0.0570. The summed E-state index contributed by atoms with van der Waals surface area (Å²) in [7, 11) is -13.2. The zero-order valence-electron chi connectivity index (χ0n) is 63.1. The first-order valence-electron chi connectivity index (χ1n) is 36.5. The molecular formula is C77H65F21N12O9S3. The van der Waals surface area contributed by atoms with Crippen molar-refractivity contribution in [1.29, 1.82) is 0 Å². The van der Waals surface area contributed by atoms with Crippen molar-refractivity contribution >= 4 is 47.4 Å². The van der Waals surface area contributed by atoms with E-state index >= 15 is 0 Å². The van der Waals surface area contributed by atoms with Gasteiger partial charge in [0.1, 0.15) is 41.7 Å². The number of hydrogen-bond acceptors (Lipinski definition) is 18. The molecule has 6 aromatic heterocycles. The minimum atomic E-state index is -4.99. The number of ketones is 3. The molecule has 1 saturated carbocycles. The number of aryl methyl sites for hydroxylation is 3. The van der Waals surface area contributed by atoms with Crippen molar-refractivity contribution in [2.24, 2.45) is 0 Å². The van der Waals surface area contributed by atoms with Crippen LogP contribution in [0.25, 0.3) is 33.6 Å². The molecule has 1 aliphatic carbocycles. The second kappa shape index (κ2) is 35.8. The molecule has 3 saturated heterocycles. The Kier molecular flexibility index (Phi) is 27.1. The van der Waals surface area contributed by atoms with E-state index in [0.29, 0.717) is 56.3 Å². The highest BCUT2D eigenvalue weighted by Gasteiger charge is 2.53. The SMILES string of the molecule is C[C@H]1[C@H](F)C[C@@H](C(=O)CCc2cc(-c3cnc(C(F)(F)F)cn3)ncc2C(F)(F)F)N1S(=O)(=O)c1ccc(F)cc1.C[C@H]1[C@H](F)C[C@@H](C(=O)CCc2cc(-c3cnc(C(F)(F)F)nc3)cnc2C2CC2)N1S(=O)(=O)c1ccc(F)cc1.C[C@H]1[C@H](F)C[C@@H](C(=O)CCc2cnc(C(F)(F)F)c(-c3cnc(C(F)(F)F)nc3)c2)N1S(=O)(=O)c1ccc(F)cc1. The Labute approximate surface area is 680 Å². The second-order valence-electron chi connectivity index (χ2n) is 28.7. The molecule has 9 heterocycles. The number of alkyl halides is 18. The zero-order chi connectivity index (χ0) is 89.5. The number of carbonyl (C=O) groups excluding carboxylic acids is 3. The largest absolute Gasteiger partial charge is 0.451 e. The van der Waals surface area contributed by atoms with Gasteiger partial charge in [0.2, 0.25) is 41.7 Å². The number of aromatic nitrogens is 9. The summed E-state index contributed by atoms with van der Waals surface area (Å²) in [6.45, 7) is 3.90. The van der Waals surface area contributed by atoms with E-state index in [1.807, 2.05) is 0 Å². The number of benzene rings is 3. The number of nitrogens with zero attached hydrogens (tertiary/aromatic N) is 12. The highest BCUT2D eigenvalue weighted by molar-refractivity contribution is 7.89. The molecule has 3 aliphatic heterocycles. The van der Waals surface area contributed by atoms with Crippen LogP contribution in [0.15, 0.2) is 161 Å². The molecule has 0 amide bonds. The Bertz CT molecular complexity index is 5670. The molecule has 9 atom stereocenters. The Morgan fingerprint density at radius 2 is 0.770 bits per heavy atom. The summed E-state index contributed by atoms with van der Waals surface area (Å²) >= 11 is 0. The van der Waals surface area contributed by atoms with Crippen molar-refractivity contribution in [1.82, 2.24) is 57.8 Å². The van der Waals surface area contributed by atoms with Gasteiger partial charge in [0.15, 0.2) is 28.7 Å². The van der Waals surface area contributed by atoms with E-state index in [1.165, 1.54) is 27.0 Å². The maximum atomic E-state index is 14.8. The van der Waals surface area contributed by atoms with Crippen LogP contribution in [0.5, 0.6) is 0 Å². The van der Waals surface area contributed by atoms with E-state index in [0.717, 1.165) is 126 Å². The first kappa shape index (κ1) is 92.3. The molecule has 652 valence electrons. The predicted octanol–water partition coefficient (Wildman–Crippen LogP) is 16.1. The molecule has 45 heteroatoms. The topological polar surface area (TPSA) is 279 Å². The van der Waals surface area contributed by atoms with Gasteiger partial charge in [-0.25, -0.2) is 76.5 Å². The van der Waals surface area contributed by atoms with Crippen LogP contribution in [0.2, 0.25) is 0 Å². The van der Waals surface area contributed by atoms with E-state index in [9.17, 15) is 132 Å². The van der Waals surface area contributed by atoms with Gasteiger partial charge in [0.05, 0.1) is 74.6 Å². The Morgan fingerprint density at radius 3 is 1.14 bits per heavy atom. The van der Waals surface area contributed by atoms with E-state index in [4.69, 9.17) is 0 Å². The van der Waals surface area contributed by atoms with Crippen LogP contribution >= 0.6 is 0 Å². The smallest absolute Gasteiger partial charge is 0.298 e. The van der Waals surface area contributed by atoms with Crippen molar-refractivity contribution in [2.45, 2.75) is 198 Å². The minimum Gasteiger partial charge on any atom is -0.298 e. The average Bonchev–Trinajstić information content (AvgIpc) is 1.60. The monoisotopic (exact) mass is 1800 g/mol. The Balaban J connectivity index is 0.000000179. The lowest BCUT2D eigenvalue weighted by Crippen LogP contribution is -2.44. The van der Waals surface area contributed by atoms with E-state index < -0.39 is 233 Å². The van der Waals surface area contributed by atoms with Crippen molar-refractivity contribution in [3.63, 3.8) is 0 Å². The van der Waals surface area contributed by atoms with Gasteiger partial charge in [-0.15, -0.1) is 0 Å². The lowest BCUT2D eigenvalue weighted by atomic mass is 9.97. The number of pyridine rings is 3. The molecule has 9 aromatic rings. The molecule has 0 bridgehead atoms. The molecule has 13 rings (SSSR count). The Hall–Kier alpha value is -10.4. The van der Waals surface area contributed by atoms with Gasteiger partial charge in [-0.2, -0.15) is 78.8 Å². The Morgan fingerprint density at radius 1 is 0.385 bits per heavy atom. The predicted molar refractivity (Wildman–Crippen MR) is 387 cm³/mol. The summed E-state index contributed by atoms with van der Waals surface area (Å²) in [5.41, 5.74) is -3.67. The third-order valence-electron chi connectivity index (χ3n) is 20.4. The molecular weight excluding hydrogens is 1730 g/mol. The molecule has 0 N–H and O–H groups in total. The van der Waals surface area contributed by atoms with Gasteiger partial charge in [0.25, 0.3) is 0 Å². The van der Waals surface area contributed by atoms with Crippen molar-refractivity contribution in [2.75, 3.05) is 0 Å². The molecule has 0 spiro atoms. The summed E-state index contributed by atoms with van der Waals surface area (Å²) in [5.74, 6) is -6.73. The van der Waals surface area contributed by atoms with Gasteiger partial charge in [-0.1, -0.05) is 0 Å². The van der Waals surface area contributed by atoms with Crippen molar-refractivity contribution in [3.8, 4) is 33.6 Å². The second-order valence-corrected chi connectivity index (χ2v) is 34.2. The van der Waals surface area contributed by atoms with Crippen molar-refractivity contribution < 1.29 is 132 Å². The average molecular weight is 1800 g/mol. The number of carbonyl (C=O) groups is 3. The van der Waals surface area contributed by atoms with Crippen LogP contribution in [0.4, 0.5) is 92.2 Å². The zero-order valence-corrected chi connectivity index (χ0v) is 65.6. The van der Waals surface area contributed by atoms with Crippen LogP contribution in [0.3, 0.4) is 0 Å². The fourth-order valence-corrected chi connectivity index (χ4v) is 19.5. The van der Waals surface area contributed by atoms with Crippen LogP contribution < -0.4 is 0 Å². The maximum absolute atomic E-state index is 14.8. The lowest BCUT2D eigenvalue weighted by Gasteiger charge is -2.27. The normalized spacial score (nSPS) is 20.9. The molecule has 21 nitrogen and oxygen atoms in total. The van der Waals surface area contributed by atoms with Crippen LogP contribution in [-0.4, -0.2) is 155 Å². The summed E-state index contributed by atoms with van der Waals surface area (Å²) in [6.07, 6.45) is -23.5. The van der Waals surface area contributed by atoms with E-state index in [2.05, 4.69) is 44.9 Å². The molecule has 0 radical (unpaired) electrons. The summed E-state index contributed by atoms with van der Waals surface area (Å²) in [5, 5.41) is 0. The van der Waals surface area contributed by atoms with Crippen molar-refractivity contribution in [3.05, 3.63) is 215 Å². The molecule has 4 aliphatic rings. The van der Waals surface area contributed by atoms with Gasteiger partial charge in [-0.05, 0) is 161 Å². The van der Waals surface area contributed by atoms with Gasteiger partial charge >= 0.3 is 30.9 Å². The van der Waals surface area contributed by atoms with Gasteiger partial charge < -0.3 is 0 Å². The molecule has 4 fully saturated rings. The highest BCUT2D eigenvalue weighted by atomic mass is 32.2. The van der Waals surface area contributed by atoms with E-state index in [-0.39, 0.29) is 58.3 Å². The number of Topliss-reactive ketones (excluding diaryl/α,β-unsaturated/α-hetero) is 3. The molecule has 0 unspecified atom stereocenters. The number of sulfonamides is 3. The molecule has 3 aromatic carbocycles. The maximum Gasteiger partial charge on any atom is 0.451 e. The van der Waals surface area contributed by atoms with Crippen LogP contribution in [0, 0.1) is 17.5 Å². The lowest BCUT2D eigenvalue weighted by molar-refractivity contribution is -0.145. The highest BCUT2D eigenvalue weighted by Crippen LogP contribution is 2.45. The van der Waals surface area contributed by atoms with E-state index in [1.54, 1.807) is 6.07 Å². The fraction of sp³-hybridized carbons (Fsp3) is 0.377.